The molecule has 0 aliphatic heterocycles. The van der Waals surface area contributed by atoms with Crippen LogP contribution in [0.4, 0.5) is 0 Å². The second kappa shape index (κ2) is 10.9. The molecular formula is C28H32N4O4S. The minimum Gasteiger partial charge on any atom is -0.395 e. The molecular weight excluding hydrogens is 488 g/mol. The highest BCUT2D eigenvalue weighted by molar-refractivity contribution is 7.91. The predicted octanol–water partition coefficient (Wildman–Crippen LogP) is 4.32. The number of amides is 1. The number of aromatic nitrogens is 2. The fourth-order valence-corrected chi connectivity index (χ4v) is 5.37. The fraction of sp³-hybridized carbons (Fsp3) is 0.321. The summed E-state index contributed by atoms with van der Waals surface area (Å²) in [5, 5.41) is 10.8. The lowest BCUT2D eigenvalue weighted by molar-refractivity contribution is 0.100. The Kier molecular flexibility index (Phi) is 7.87. The highest BCUT2D eigenvalue weighted by Crippen LogP contribution is 2.38. The van der Waals surface area contributed by atoms with Crippen LogP contribution in [0.1, 0.15) is 34.8 Å². The predicted molar refractivity (Wildman–Crippen MR) is 148 cm³/mol. The zero-order valence-electron chi connectivity index (χ0n) is 21.6. The number of hydrogen-bond donors (Lipinski definition) is 2. The van der Waals surface area contributed by atoms with Crippen LogP contribution in [0.15, 0.2) is 52.5 Å². The highest BCUT2D eigenvalue weighted by atomic mass is 32.2. The lowest BCUT2D eigenvalue weighted by Gasteiger charge is -2.13. The van der Waals surface area contributed by atoms with Gasteiger partial charge < -0.3 is 15.0 Å². The monoisotopic (exact) mass is 520 g/mol. The van der Waals surface area contributed by atoms with E-state index >= 15 is 0 Å². The number of aliphatic hydroxyl groups excluding tert-OH is 1. The third kappa shape index (κ3) is 5.49. The minimum atomic E-state index is -3.41. The maximum Gasteiger partial charge on any atom is 0.277 e. The second-order valence-electron chi connectivity index (χ2n) is 9.24. The molecule has 0 saturated heterocycles. The summed E-state index contributed by atoms with van der Waals surface area (Å²) in [5.41, 5.74) is 5.10. The topological polar surface area (TPSA) is 116 Å². The van der Waals surface area contributed by atoms with Crippen LogP contribution in [-0.2, 0) is 9.84 Å². The first-order valence-corrected chi connectivity index (χ1v) is 13.9. The number of aliphatic imine (C=N–C) groups is 1. The second-order valence-corrected chi connectivity index (χ2v) is 11.5. The molecule has 0 bridgehead atoms. The van der Waals surface area contributed by atoms with Gasteiger partial charge in [0.25, 0.3) is 5.91 Å². The van der Waals surface area contributed by atoms with Crippen molar-refractivity contribution >= 4 is 43.9 Å². The molecule has 37 heavy (non-hydrogen) atoms. The van der Waals surface area contributed by atoms with Crippen LogP contribution in [0.25, 0.3) is 33.1 Å². The molecule has 4 aromatic rings. The summed E-state index contributed by atoms with van der Waals surface area (Å²) in [6.07, 6.45) is 3.96. The van der Waals surface area contributed by atoms with Gasteiger partial charge in [-0.25, -0.2) is 18.4 Å². The number of sulfone groups is 1. The van der Waals surface area contributed by atoms with Gasteiger partial charge in [-0.3, -0.25) is 4.79 Å². The third-order valence-electron chi connectivity index (χ3n) is 6.57. The summed E-state index contributed by atoms with van der Waals surface area (Å²) in [6, 6.07) is 10.7. The van der Waals surface area contributed by atoms with E-state index in [0.29, 0.717) is 36.3 Å². The van der Waals surface area contributed by atoms with E-state index in [-0.39, 0.29) is 23.2 Å². The molecule has 0 spiro atoms. The maximum absolute atomic E-state index is 13.2. The molecule has 0 radical (unpaired) electrons. The third-order valence-corrected chi connectivity index (χ3v) is 8.30. The summed E-state index contributed by atoms with van der Waals surface area (Å²) in [6.45, 7) is 6.78. The van der Waals surface area contributed by atoms with Crippen LogP contribution in [0.5, 0.6) is 0 Å². The van der Waals surface area contributed by atoms with Crippen molar-refractivity contribution in [2.45, 2.75) is 32.1 Å². The largest absolute Gasteiger partial charge is 0.395 e. The summed E-state index contributed by atoms with van der Waals surface area (Å²) in [7, 11) is -1.51. The molecule has 194 valence electrons. The number of hydrogen-bond acceptors (Lipinski definition) is 6. The molecule has 1 amide bonds. The summed E-state index contributed by atoms with van der Waals surface area (Å²) < 4.78 is 25.2. The molecule has 0 aliphatic rings. The van der Waals surface area contributed by atoms with Crippen molar-refractivity contribution in [2.24, 2.45) is 4.99 Å². The van der Waals surface area contributed by atoms with E-state index in [1.54, 1.807) is 37.5 Å². The molecule has 0 fully saturated rings. The Bertz CT molecular complexity index is 1610. The average molecular weight is 521 g/mol. The number of nitrogens with one attached hydrogen (secondary N) is 1. The van der Waals surface area contributed by atoms with Gasteiger partial charge in [-0.2, -0.15) is 0 Å². The number of H-pyrrole nitrogens is 1. The zero-order valence-corrected chi connectivity index (χ0v) is 22.4. The number of rotatable bonds is 9. The molecule has 0 aliphatic carbocycles. The van der Waals surface area contributed by atoms with E-state index in [2.05, 4.69) is 15.0 Å². The quantitative estimate of drug-likeness (QED) is 0.318. The van der Waals surface area contributed by atoms with Gasteiger partial charge in [-0.15, -0.1) is 0 Å². The van der Waals surface area contributed by atoms with E-state index in [9.17, 15) is 13.2 Å². The SMILES string of the molecule is CCS(=O)(=O)c1cccc(-c2cc(C(=O)N=CCCN(C)CCO)c(C)c3[nH]c4ncc(C)cc4c23)c1. The number of aryl methyl sites for hydroxylation is 2. The molecule has 2 N–H and O–H groups in total. The number of nitrogens with zero attached hydrogens (tertiary/aromatic N) is 3. The standard InChI is InChI=1S/C28H32N4O4S/c1-5-37(35,36)21-9-6-8-20(15-21)23-16-22(28(34)29-10-7-11-32(4)12-13-33)19(3)26-25(23)24-14-18(2)17-30-27(24)31-26/h6,8-10,14-17,33H,5,7,11-13H2,1-4H3,(H,30,31). The number of carbonyl (C=O) groups is 1. The van der Waals surface area contributed by atoms with Crippen LogP contribution < -0.4 is 0 Å². The number of aliphatic hydroxyl groups is 1. The van der Waals surface area contributed by atoms with Crippen LogP contribution in [-0.4, -0.2) is 73.0 Å². The molecule has 8 nitrogen and oxygen atoms in total. The van der Waals surface area contributed by atoms with E-state index in [0.717, 1.165) is 33.0 Å². The van der Waals surface area contributed by atoms with Crippen LogP contribution in [0.2, 0.25) is 0 Å². The molecule has 0 atom stereocenters. The van der Waals surface area contributed by atoms with Crippen LogP contribution in [0, 0.1) is 13.8 Å². The van der Waals surface area contributed by atoms with Crippen LogP contribution in [0.3, 0.4) is 0 Å². The first-order valence-electron chi connectivity index (χ1n) is 12.3. The molecule has 2 aromatic heterocycles. The number of carbonyl (C=O) groups excluding carboxylic acids is 1. The summed E-state index contributed by atoms with van der Waals surface area (Å²) in [5.74, 6) is -0.368. The Morgan fingerprint density at radius 1 is 1.19 bits per heavy atom. The van der Waals surface area contributed by atoms with Gasteiger partial charge in [0.2, 0.25) is 0 Å². The van der Waals surface area contributed by atoms with Crippen molar-refractivity contribution in [1.29, 1.82) is 0 Å². The van der Waals surface area contributed by atoms with Crippen molar-refractivity contribution in [3.05, 3.63) is 59.3 Å². The van der Waals surface area contributed by atoms with E-state index < -0.39 is 9.84 Å². The van der Waals surface area contributed by atoms with Crippen molar-refractivity contribution in [3.8, 4) is 11.1 Å². The smallest absolute Gasteiger partial charge is 0.277 e. The van der Waals surface area contributed by atoms with Gasteiger partial charge >= 0.3 is 0 Å². The van der Waals surface area contributed by atoms with Crippen molar-refractivity contribution in [3.63, 3.8) is 0 Å². The van der Waals surface area contributed by atoms with Crippen molar-refractivity contribution in [1.82, 2.24) is 14.9 Å². The number of likely N-dealkylation sites (N-methyl/N-ethyl adjacent to an activating group) is 1. The van der Waals surface area contributed by atoms with Crippen molar-refractivity contribution < 1.29 is 18.3 Å². The van der Waals surface area contributed by atoms with E-state index in [1.165, 1.54) is 0 Å². The van der Waals surface area contributed by atoms with Gasteiger partial charge in [-0.05, 0) is 73.8 Å². The van der Waals surface area contributed by atoms with Gasteiger partial charge in [0.15, 0.2) is 9.84 Å². The molecule has 9 heteroatoms. The van der Waals surface area contributed by atoms with Gasteiger partial charge in [0.1, 0.15) is 5.65 Å². The number of pyridine rings is 1. The van der Waals surface area contributed by atoms with E-state index in [4.69, 9.17) is 5.11 Å². The van der Waals surface area contributed by atoms with Gasteiger partial charge in [-0.1, -0.05) is 19.1 Å². The lowest BCUT2D eigenvalue weighted by atomic mass is 9.93. The lowest BCUT2D eigenvalue weighted by Crippen LogP contribution is -2.23. The zero-order chi connectivity index (χ0) is 26.7. The molecule has 2 aromatic carbocycles. The number of fused-ring (bicyclic) bond motifs is 3. The van der Waals surface area contributed by atoms with Crippen LogP contribution >= 0.6 is 0 Å². The minimum absolute atomic E-state index is 0.00189. The Balaban J connectivity index is 1.88. The molecule has 0 unspecified atom stereocenters. The Morgan fingerprint density at radius 2 is 1.97 bits per heavy atom. The molecule has 4 rings (SSSR count). The summed E-state index contributed by atoms with van der Waals surface area (Å²) in [4.78, 5) is 27.5. The fourth-order valence-electron chi connectivity index (χ4n) is 4.45. The van der Waals surface area contributed by atoms with Crippen molar-refractivity contribution in [2.75, 3.05) is 32.5 Å². The summed E-state index contributed by atoms with van der Waals surface area (Å²) >= 11 is 0. The molecule has 0 saturated carbocycles. The number of aromatic amines is 1. The average Bonchev–Trinajstić information content (AvgIpc) is 3.26. The van der Waals surface area contributed by atoms with E-state index in [1.807, 2.05) is 44.0 Å². The Labute approximate surface area is 217 Å². The first-order chi connectivity index (χ1) is 17.7. The first kappa shape index (κ1) is 26.7. The van der Waals surface area contributed by atoms with Gasteiger partial charge in [0.05, 0.1) is 22.8 Å². The maximum atomic E-state index is 13.2. The molecule has 2 heterocycles. The highest BCUT2D eigenvalue weighted by Gasteiger charge is 2.21. The Hall–Kier alpha value is -3.40. The normalized spacial score (nSPS) is 12.4. The number of benzene rings is 2. The van der Waals surface area contributed by atoms with Gasteiger partial charge in [0, 0.05) is 41.8 Å². The Morgan fingerprint density at radius 3 is 2.70 bits per heavy atom.